The van der Waals surface area contributed by atoms with Crippen LogP contribution < -0.4 is 4.74 Å². The van der Waals surface area contributed by atoms with E-state index in [0.29, 0.717) is 5.15 Å². The Bertz CT molecular complexity index is 1100. The maximum absolute atomic E-state index is 6.16. The third-order valence-electron chi connectivity index (χ3n) is 7.08. The van der Waals surface area contributed by atoms with E-state index in [1.165, 1.54) is 25.7 Å². The average molecular weight is 483 g/mol. The molecule has 2 aromatic heterocycles. The van der Waals surface area contributed by atoms with E-state index in [2.05, 4.69) is 52.2 Å². The van der Waals surface area contributed by atoms with E-state index in [9.17, 15) is 0 Å². The zero-order valence-electron chi connectivity index (χ0n) is 20.3. The Morgan fingerprint density at radius 2 is 1.91 bits per heavy atom. The van der Waals surface area contributed by atoms with Crippen molar-refractivity contribution in [3.05, 3.63) is 52.4 Å². The predicted molar refractivity (Wildman–Crippen MR) is 135 cm³/mol. The molecule has 7 heteroatoms. The van der Waals surface area contributed by atoms with Crippen LogP contribution in [-0.2, 0) is 19.5 Å². The van der Waals surface area contributed by atoms with Crippen molar-refractivity contribution in [2.24, 2.45) is 11.8 Å². The molecule has 0 amide bonds. The molecule has 1 aromatic carbocycles. The quantitative estimate of drug-likeness (QED) is 0.352. The van der Waals surface area contributed by atoms with Crippen LogP contribution >= 0.6 is 11.6 Å². The second-order valence-electron chi connectivity index (χ2n) is 10.3. The summed E-state index contributed by atoms with van der Waals surface area (Å²) in [5.41, 5.74) is 4.13. The van der Waals surface area contributed by atoms with Crippen molar-refractivity contribution < 1.29 is 9.26 Å². The van der Waals surface area contributed by atoms with Crippen molar-refractivity contribution in [1.29, 1.82) is 0 Å². The zero-order chi connectivity index (χ0) is 23.5. The molecule has 5 rings (SSSR count). The van der Waals surface area contributed by atoms with Crippen LogP contribution in [0.2, 0.25) is 5.15 Å². The second-order valence-corrected chi connectivity index (χ2v) is 10.6. The summed E-state index contributed by atoms with van der Waals surface area (Å²) < 4.78 is 12.1. The molecule has 0 bridgehead atoms. The van der Waals surface area contributed by atoms with Gasteiger partial charge in [-0.05, 0) is 102 Å². The minimum absolute atomic E-state index is 0.572. The van der Waals surface area contributed by atoms with E-state index in [1.807, 2.05) is 12.1 Å². The molecule has 0 spiro atoms. The first-order chi connectivity index (χ1) is 16.5. The molecule has 1 aliphatic carbocycles. The Hall–Kier alpha value is -2.15. The molecule has 3 heterocycles. The average Bonchev–Trinajstić information content (AvgIpc) is 3.56. The van der Waals surface area contributed by atoms with Crippen LogP contribution in [-0.4, -0.2) is 53.7 Å². The lowest BCUT2D eigenvalue weighted by Gasteiger charge is -2.31. The number of fused-ring (bicyclic) bond motifs is 1. The summed E-state index contributed by atoms with van der Waals surface area (Å²) in [6.45, 7) is 4.67. The van der Waals surface area contributed by atoms with E-state index in [-0.39, 0.29) is 0 Å². The Morgan fingerprint density at radius 1 is 1.09 bits per heavy atom. The summed E-state index contributed by atoms with van der Waals surface area (Å²) in [6.07, 6.45) is 7.09. The number of ether oxygens (including phenoxy) is 1. The topological polar surface area (TPSA) is 54.6 Å². The Labute approximate surface area is 207 Å². The fourth-order valence-electron chi connectivity index (χ4n) is 4.91. The molecule has 1 saturated heterocycles. The van der Waals surface area contributed by atoms with Crippen molar-refractivity contribution >= 4 is 22.6 Å². The van der Waals surface area contributed by atoms with Gasteiger partial charge in [0, 0.05) is 18.5 Å². The highest BCUT2D eigenvalue weighted by Gasteiger charge is 2.24. The molecular formula is C27H35ClN4O2. The summed E-state index contributed by atoms with van der Waals surface area (Å²) >= 11 is 6.04. The van der Waals surface area contributed by atoms with E-state index in [4.69, 9.17) is 20.9 Å². The monoisotopic (exact) mass is 482 g/mol. The van der Waals surface area contributed by atoms with Gasteiger partial charge in [-0.2, -0.15) is 0 Å². The van der Waals surface area contributed by atoms with Gasteiger partial charge in [0.2, 0.25) is 0 Å². The highest BCUT2D eigenvalue weighted by molar-refractivity contribution is 6.29. The first-order valence-electron chi connectivity index (χ1n) is 12.6. The van der Waals surface area contributed by atoms with Crippen LogP contribution in [0, 0.1) is 11.8 Å². The van der Waals surface area contributed by atoms with Gasteiger partial charge >= 0.3 is 0 Å². The number of hydrogen-bond acceptors (Lipinski definition) is 6. The molecular weight excluding hydrogens is 448 g/mol. The number of benzene rings is 1. The molecule has 3 aromatic rings. The van der Waals surface area contributed by atoms with Gasteiger partial charge in [-0.15, -0.1) is 0 Å². The third-order valence-corrected chi connectivity index (χ3v) is 7.29. The van der Waals surface area contributed by atoms with Gasteiger partial charge in [-0.1, -0.05) is 22.8 Å². The fraction of sp³-hybridized carbons (Fsp3) is 0.556. The van der Waals surface area contributed by atoms with Crippen LogP contribution in [0.3, 0.4) is 0 Å². The minimum Gasteiger partial charge on any atom is -0.493 e. The van der Waals surface area contributed by atoms with Crippen molar-refractivity contribution in [2.75, 3.05) is 33.8 Å². The highest BCUT2D eigenvalue weighted by atomic mass is 35.5. The number of aromatic nitrogens is 2. The van der Waals surface area contributed by atoms with Crippen LogP contribution in [0.5, 0.6) is 5.75 Å². The number of pyridine rings is 1. The van der Waals surface area contributed by atoms with Crippen LogP contribution in [0.1, 0.15) is 49.1 Å². The summed E-state index contributed by atoms with van der Waals surface area (Å²) in [7, 11) is 4.16. The van der Waals surface area contributed by atoms with Crippen molar-refractivity contribution in [1.82, 2.24) is 19.9 Å². The smallest absolute Gasteiger partial charge is 0.175 e. The maximum Gasteiger partial charge on any atom is 0.175 e. The van der Waals surface area contributed by atoms with Crippen molar-refractivity contribution in [3.63, 3.8) is 0 Å². The lowest BCUT2D eigenvalue weighted by molar-refractivity contribution is 0.170. The molecule has 0 radical (unpaired) electrons. The third kappa shape index (κ3) is 5.91. The lowest BCUT2D eigenvalue weighted by Crippen LogP contribution is -2.33. The first-order valence-corrected chi connectivity index (χ1v) is 12.9. The largest absolute Gasteiger partial charge is 0.493 e. The van der Waals surface area contributed by atoms with Gasteiger partial charge < -0.3 is 14.2 Å². The van der Waals surface area contributed by atoms with Gasteiger partial charge in [0.25, 0.3) is 0 Å². The van der Waals surface area contributed by atoms with Crippen LogP contribution in [0.4, 0.5) is 0 Å². The summed E-state index contributed by atoms with van der Waals surface area (Å²) in [6, 6.07) is 10.1. The lowest BCUT2D eigenvalue weighted by atomic mass is 9.91. The second kappa shape index (κ2) is 10.6. The molecule has 1 aliphatic heterocycles. The number of rotatable bonds is 10. The van der Waals surface area contributed by atoms with Gasteiger partial charge in [0.15, 0.2) is 5.58 Å². The van der Waals surface area contributed by atoms with Crippen LogP contribution in [0.15, 0.2) is 34.9 Å². The molecule has 6 nitrogen and oxygen atoms in total. The highest BCUT2D eigenvalue weighted by Crippen LogP contribution is 2.35. The van der Waals surface area contributed by atoms with E-state index >= 15 is 0 Å². The first kappa shape index (κ1) is 23.6. The molecule has 2 fully saturated rings. The molecule has 0 unspecified atom stereocenters. The fourth-order valence-corrected chi connectivity index (χ4v) is 5.09. The molecule has 0 atom stereocenters. The van der Waals surface area contributed by atoms with E-state index in [0.717, 1.165) is 91.1 Å². The molecule has 34 heavy (non-hydrogen) atoms. The maximum atomic E-state index is 6.16. The molecule has 1 saturated carbocycles. The zero-order valence-corrected chi connectivity index (χ0v) is 21.1. The Balaban J connectivity index is 1.19. The Morgan fingerprint density at radius 3 is 2.65 bits per heavy atom. The number of hydrogen-bond donors (Lipinski definition) is 0. The number of nitrogens with zero attached hydrogens (tertiary/aromatic N) is 4. The summed E-state index contributed by atoms with van der Waals surface area (Å²) in [5, 5.41) is 6.21. The number of piperidine rings is 1. The number of likely N-dealkylation sites (tertiary alicyclic amines) is 1. The van der Waals surface area contributed by atoms with Crippen molar-refractivity contribution in [3.8, 4) is 5.75 Å². The van der Waals surface area contributed by atoms with E-state index in [1.54, 1.807) is 0 Å². The number of aryl methyl sites for hydroxylation is 1. The predicted octanol–water partition coefficient (Wildman–Crippen LogP) is 5.57. The van der Waals surface area contributed by atoms with Gasteiger partial charge in [0.05, 0.1) is 23.6 Å². The molecule has 0 N–H and O–H groups in total. The standard InChI is InChI=1S/C27H35ClN4O2/c1-31(2)17-23-25(33-18-20-6-7-20)11-9-22-24(30-34-27(22)23)10-8-19-12-14-32(15-13-19)16-21-4-3-5-26(28)29-21/h3-5,9,11,19-20H,6-8,10,12-18H2,1-2H3. The van der Waals surface area contributed by atoms with Gasteiger partial charge in [-0.3, -0.25) is 4.90 Å². The molecule has 2 aliphatic rings. The van der Waals surface area contributed by atoms with Crippen LogP contribution in [0.25, 0.3) is 11.0 Å². The van der Waals surface area contributed by atoms with Gasteiger partial charge in [0.1, 0.15) is 10.9 Å². The number of halogens is 1. The van der Waals surface area contributed by atoms with Gasteiger partial charge in [-0.25, -0.2) is 4.98 Å². The summed E-state index contributed by atoms with van der Waals surface area (Å²) in [4.78, 5) is 9.08. The Kier molecular flexibility index (Phi) is 7.37. The normalized spacial score (nSPS) is 17.6. The summed E-state index contributed by atoms with van der Waals surface area (Å²) in [5.74, 6) is 2.39. The molecule has 182 valence electrons. The van der Waals surface area contributed by atoms with Crippen molar-refractivity contribution in [2.45, 2.75) is 51.6 Å². The SMILES string of the molecule is CN(C)Cc1c(OCC2CC2)ccc2c(CCC3CCN(Cc4cccc(Cl)n4)CC3)noc12. The minimum atomic E-state index is 0.572. The van der Waals surface area contributed by atoms with E-state index < -0.39 is 0 Å².